The zero-order valence-corrected chi connectivity index (χ0v) is 8.61. The molecule has 1 heterocycles. The van der Waals surface area contributed by atoms with Gasteiger partial charge in [0, 0.05) is 18.0 Å². The summed E-state index contributed by atoms with van der Waals surface area (Å²) in [6.45, 7) is 0.750. The highest BCUT2D eigenvalue weighted by Crippen LogP contribution is 2.15. The molecule has 3 heteroatoms. The van der Waals surface area contributed by atoms with Gasteiger partial charge in [-0.3, -0.25) is 0 Å². The number of hydrogen-bond acceptors (Lipinski definition) is 2. The van der Waals surface area contributed by atoms with Crippen molar-refractivity contribution >= 4 is 0 Å². The van der Waals surface area contributed by atoms with E-state index in [-0.39, 0.29) is 0 Å². The minimum atomic E-state index is 0.750. The van der Waals surface area contributed by atoms with E-state index < -0.39 is 0 Å². The van der Waals surface area contributed by atoms with E-state index in [1.807, 2.05) is 6.20 Å². The maximum atomic E-state index is 5.47. The van der Waals surface area contributed by atoms with Crippen LogP contribution in [0.25, 0.3) is 11.4 Å². The average molecular weight is 201 g/mol. The zero-order valence-electron chi connectivity index (χ0n) is 8.61. The number of nitrogens with one attached hydrogen (secondary N) is 1. The van der Waals surface area contributed by atoms with E-state index in [1.165, 1.54) is 5.56 Å². The van der Waals surface area contributed by atoms with Gasteiger partial charge in [-0.15, -0.1) is 0 Å². The Hall–Kier alpha value is -1.61. The highest BCUT2D eigenvalue weighted by atomic mass is 14.9. The smallest absolute Gasteiger partial charge is 0.137 e. The van der Waals surface area contributed by atoms with Crippen molar-refractivity contribution in [2.75, 3.05) is 6.54 Å². The van der Waals surface area contributed by atoms with Crippen LogP contribution in [0.5, 0.6) is 0 Å². The number of aryl methyl sites for hydroxylation is 1. The molecule has 0 aliphatic carbocycles. The van der Waals surface area contributed by atoms with Crippen molar-refractivity contribution in [3.05, 3.63) is 42.2 Å². The lowest BCUT2D eigenvalue weighted by atomic mass is 10.1. The molecule has 2 rings (SSSR count). The lowest BCUT2D eigenvalue weighted by molar-refractivity contribution is 0.833. The van der Waals surface area contributed by atoms with Crippen molar-refractivity contribution in [3.63, 3.8) is 0 Å². The summed E-state index contributed by atoms with van der Waals surface area (Å²) < 4.78 is 0. The SMILES string of the molecule is NCCCc1ccc(-c2ncc[nH]2)cc1. The molecule has 1 aromatic carbocycles. The molecule has 0 saturated heterocycles. The summed E-state index contributed by atoms with van der Waals surface area (Å²) in [7, 11) is 0. The maximum absolute atomic E-state index is 5.47. The van der Waals surface area contributed by atoms with Crippen LogP contribution in [-0.2, 0) is 6.42 Å². The molecule has 0 atom stereocenters. The summed E-state index contributed by atoms with van der Waals surface area (Å²) in [5.41, 5.74) is 7.92. The predicted octanol–water partition coefficient (Wildman–Crippen LogP) is 1.97. The Morgan fingerprint density at radius 1 is 1.20 bits per heavy atom. The quantitative estimate of drug-likeness (QED) is 0.794. The summed E-state index contributed by atoms with van der Waals surface area (Å²) >= 11 is 0. The second-order valence-corrected chi connectivity index (χ2v) is 3.53. The van der Waals surface area contributed by atoms with Crippen molar-refractivity contribution in [1.29, 1.82) is 0 Å². The predicted molar refractivity (Wildman–Crippen MR) is 61.4 cm³/mol. The van der Waals surface area contributed by atoms with Crippen LogP contribution in [0.15, 0.2) is 36.7 Å². The number of aromatic nitrogens is 2. The monoisotopic (exact) mass is 201 g/mol. The second-order valence-electron chi connectivity index (χ2n) is 3.53. The van der Waals surface area contributed by atoms with Gasteiger partial charge >= 0.3 is 0 Å². The molecular weight excluding hydrogens is 186 g/mol. The van der Waals surface area contributed by atoms with Crippen molar-refractivity contribution in [1.82, 2.24) is 9.97 Å². The van der Waals surface area contributed by atoms with Crippen LogP contribution in [0.4, 0.5) is 0 Å². The molecule has 0 aliphatic heterocycles. The molecule has 0 amide bonds. The Bertz CT molecular complexity index is 389. The van der Waals surface area contributed by atoms with E-state index in [0.717, 1.165) is 30.8 Å². The summed E-state index contributed by atoms with van der Waals surface area (Å²) in [5.74, 6) is 0.917. The second kappa shape index (κ2) is 4.75. The lowest BCUT2D eigenvalue weighted by Crippen LogP contribution is -2.00. The maximum Gasteiger partial charge on any atom is 0.137 e. The summed E-state index contributed by atoms with van der Waals surface area (Å²) in [4.78, 5) is 7.29. The molecule has 2 aromatic rings. The first-order valence-corrected chi connectivity index (χ1v) is 5.19. The molecule has 15 heavy (non-hydrogen) atoms. The molecule has 0 fully saturated rings. The van der Waals surface area contributed by atoms with Gasteiger partial charge in [-0.1, -0.05) is 24.3 Å². The minimum Gasteiger partial charge on any atom is -0.345 e. The van der Waals surface area contributed by atoms with Gasteiger partial charge in [0.05, 0.1) is 0 Å². The van der Waals surface area contributed by atoms with E-state index >= 15 is 0 Å². The molecule has 0 radical (unpaired) electrons. The third kappa shape index (κ3) is 2.44. The van der Waals surface area contributed by atoms with E-state index in [9.17, 15) is 0 Å². The molecular formula is C12H15N3. The largest absolute Gasteiger partial charge is 0.345 e. The first kappa shape index (κ1) is 9.93. The number of hydrogen-bond donors (Lipinski definition) is 2. The van der Waals surface area contributed by atoms with Gasteiger partial charge < -0.3 is 10.7 Å². The van der Waals surface area contributed by atoms with Gasteiger partial charge in [-0.25, -0.2) is 4.98 Å². The zero-order chi connectivity index (χ0) is 10.5. The Kier molecular flexibility index (Phi) is 3.15. The fraction of sp³-hybridized carbons (Fsp3) is 0.250. The van der Waals surface area contributed by atoms with Crippen LogP contribution in [0.1, 0.15) is 12.0 Å². The van der Waals surface area contributed by atoms with Gasteiger partial charge in [0.25, 0.3) is 0 Å². The molecule has 3 N–H and O–H groups in total. The van der Waals surface area contributed by atoms with E-state index in [1.54, 1.807) is 6.20 Å². The summed E-state index contributed by atoms with van der Waals surface area (Å²) in [5, 5.41) is 0. The third-order valence-corrected chi connectivity index (χ3v) is 2.40. The summed E-state index contributed by atoms with van der Waals surface area (Å²) in [6, 6.07) is 8.44. The van der Waals surface area contributed by atoms with Gasteiger partial charge in [-0.05, 0) is 24.9 Å². The van der Waals surface area contributed by atoms with E-state index in [0.29, 0.717) is 0 Å². The van der Waals surface area contributed by atoms with E-state index in [4.69, 9.17) is 5.73 Å². The Morgan fingerprint density at radius 3 is 2.60 bits per heavy atom. The van der Waals surface area contributed by atoms with Crippen LogP contribution in [0.3, 0.4) is 0 Å². The Morgan fingerprint density at radius 2 is 2.00 bits per heavy atom. The summed E-state index contributed by atoms with van der Waals surface area (Å²) in [6.07, 6.45) is 5.68. The van der Waals surface area contributed by atoms with Gasteiger partial charge in [0.15, 0.2) is 0 Å². The van der Waals surface area contributed by atoms with Crippen LogP contribution in [-0.4, -0.2) is 16.5 Å². The number of aromatic amines is 1. The minimum absolute atomic E-state index is 0.750. The van der Waals surface area contributed by atoms with Gasteiger partial charge in [0.1, 0.15) is 5.82 Å². The van der Waals surface area contributed by atoms with Gasteiger partial charge in [-0.2, -0.15) is 0 Å². The van der Waals surface area contributed by atoms with Crippen LogP contribution in [0, 0.1) is 0 Å². The van der Waals surface area contributed by atoms with Crippen molar-refractivity contribution in [3.8, 4) is 11.4 Å². The lowest BCUT2D eigenvalue weighted by Gasteiger charge is -2.01. The molecule has 0 spiro atoms. The molecule has 1 aromatic heterocycles. The fourth-order valence-corrected chi connectivity index (χ4v) is 1.56. The van der Waals surface area contributed by atoms with Crippen molar-refractivity contribution in [2.24, 2.45) is 5.73 Å². The normalized spacial score (nSPS) is 10.5. The number of rotatable bonds is 4. The van der Waals surface area contributed by atoms with Crippen molar-refractivity contribution in [2.45, 2.75) is 12.8 Å². The molecule has 3 nitrogen and oxygen atoms in total. The van der Waals surface area contributed by atoms with Crippen LogP contribution in [0.2, 0.25) is 0 Å². The van der Waals surface area contributed by atoms with E-state index in [2.05, 4.69) is 34.2 Å². The molecule has 0 aliphatic rings. The first-order valence-electron chi connectivity index (χ1n) is 5.19. The standard InChI is InChI=1S/C12H15N3/c13-7-1-2-10-3-5-11(6-4-10)12-14-8-9-15-12/h3-6,8-9H,1-2,7,13H2,(H,14,15). The fourth-order valence-electron chi connectivity index (χ4n) is 1.56. The number of imidazole rings is 1. The molecule has 0 saturated carbocycles. The Balaban J connectivity index is 2.11. The highest BCUT2D eigenvalue weighted by molar-refractivity contribution is 5.55. The van der Waals surface area contributed by atoms with Crippen LogP contribution < -0.4 is 5.73 Å². The van der Waals surface area contributed by atoms with Gasteiger partial charge in [0.2, 0.25) is 0 Å². The number of benzene rings is 1. The average Bonchev–Trinajstić information content (AvgIpc) is 2.80. The van der Waals surface area contributed by atoms with Crippen LogP contribution >= 0.6 is 0 Å². The molecule has 78 valence electrons. The number of nitrogens with zero attached hydrogens (tertiary/aromatic N) is 1. The Labute approximate surface area is 89.4 Å². The third-order valence-electron chi connectivity index (χ3n) is 2.40. The first-order chi connectivity index (χ1) is 7.40. The number of nitrogens with two attached hydrogens (primary N) is 1. The van der Waals surface area contributed by atoms with Crippen molar-refractivity contribution < 1.29 is 0 Å². The molecule has 0 unspecified atom stereocenters. The highest BCUT2D eigenvalue weighted by Gasteiger charge is 1.99. The molecule has 0 bridgehead atoms. The topological polar surface area (TPSA) is 54.7 Å². The number of H-pyrrole nitrogens is 1.